The topological polar surface area (TPSA) is 105 Å². The van der Waals surface area contributed by atoms with Gasteiger partial charge in [0, 0.05) is 6.92 Å². The summed E-state index contributed by atoms with van der Waals surface area (Å²) in [6.45, 7) is 1.31. The molecule has 0 aliphatic rings. The van der Waals surface area contributed by atoms with Crippen molar-refractivity contribution in [3.8, 4) is 0 Å². The highest BCUT2D eigenvalue weighted by molar-refractivity contribution is 5.70. The Morgan fingerprint density at radius 2 is 1.71 bits per heavy atom. The Morgan fingerprint density at radius 3 is 1.71 bits per heavy atom. The summed E-state index contributed by atoms with van der Waals surface area (Å²) in [7, 11) is 0. The maximum Gasteiger partial charge on any atom is 0.214 e. The number of nitrogens with one attached hydrogen (secondary N) is 2. The SMILES string of the molecule is CC(N)=O.N=[N+]=N. The van der Waals surface area contributed by atoms with Gasteiger partial charge in [-0.25, -0.2) is 0 Å². The molecule has 0 heterocycles. The van der Waals surface area contributed by atoms with Crippen molar-refractivity contribution >= 4 is 5.91 Å². The molecule has 0 aliphatic heterocycles. The standard InChI is InChI=1S/C2H5NO.H2N3/c1-2(3)4;1-3-2/h1H3,(H2,3,4);1-2H/q;+1. The lowest BCUT2D eigenvalue weighted by molar-refractivity contribution is -0.115. The first-order valence-electron chi connectivity index (χ1n) is 1.44. The van der Waals surface area contributed by atoms with Crippen LogP contribution in [0.3, 0.4) is 0 Å². The molecule has 0 aromatic heterocycles. The molecule has 0 fully saturated rings. The number of primary amides is 1. The van der Waals surface area contributed by atoms with Gasteiger partial charge in [-0.05, 0) is 0 Å². The summed E-state index contributed by atoms with van der Waals surface area (Å²) in [6, 6.07) is 0. The molecule has 0 aromatic carbocycles. The summed E-state index contributed by atoms with van der Waals surface area (Å²) in [5.74, 6) is -0.333. The largest absolute Gasteiger partial charge is 0.370 e. The van der Waals surface area contributed by atoms with E-state index in [1.54, 1.807) is 0 Å². The third-order valence-corrected chi connectivity index (χ3v) is 0. The van der Waals surface area contributed by atoms with Crippen molar-refractivity contribution in [1.82, 2.24) is 4.91 Å². The summed E-state index contributed by atoms with van der Waals surface area (Å²) in [5.41, 5.74) is 15.5. The van der Waals surface area contributed by atoms with Crippen molar-refractivity contribution in [2.75, 3.05) is 0 Å². The zero-order chi connectivity index (χ0) is 6.28. The molecule has 1 amide bonds. The Hall–Kier alpha value is -1.22. The number of carbonyl (C=O) groups excluding carboxylic acids is 1. The van der Waals surface area contributed by atoms with E-state index < -0.39 is 0 Å². The second-order valence-corrected chi connectivity index (χ2v) is 0.722. The van der Waals surface area contributed by atoms with Gasteiger partial charge in [0.25, 0.3) is 0 Å². The summed E-state index contributed by atoms with van der Waals surface area (Å²) < 4.78 is 0. The zero-order valence-corrected chi connectivity index (χ0v) is 3.93. The second kappa shape index (κ2) is 8.84. The minimum absolute atomic E-state index is 0.333. The van der Waals surface area contributed by atoms with Crippen molar-refractivity contribution in [2.45, 2.75) is 6.92 Å². The molecule has 5 heteroatoms. The smallest absolute Gasteiger partial charge is 0.214 e. The first-order chi connectivity index (χ1) is 3.15. The molecule has 4 N–H and O–H groups in total. The Balaban J connectivity index is 0. The molecule has 0 saturated carbocycles. The van der Waals surface area contributed by atoms with Crippen LogP contribution >= 0.6 is 0 Å². The predicted octanol–water partition coefficient (Wildman–Crippen LogP) is -0.393. The van der Waals surface area contributed by atoms with Crippen molar-refractivity contribution in [3.05, 3.63) is 0 Å². The van der Waals surface area contributed by atoms with Gasteiger partial charge in [0.05, 0.1) is 0 Å². The van der Waals surface area contributed by atoms with E-state index in [0.717, 1.165) is 0 Å². The fourth-order valence-corrected chi connectivity index (χ4v) is 0. The molecule has 0 rings (SSSR count). The van der Waals surface area contributed by atoms with Gasteiger partial charge >= 0.3 is 0 Å². The lowest BCUT2D eigenvalue weighted by Crippen LogP contribution is -2.01. The lowest BCUT2D eigenvalue weighted by Gasteiger charge is -1.60. The molecule has 0 spiro atoms. The van der Waals surface area contributed by atoms with E-state index in [0.29, 0.717) is 0 Å². The van der Waals surface area contributed by atoms with Crippen LogP contribution in [-0.2, 0) is 4.79 Å². The van der Waals surface area contributed by atoms with E-state index in [1.807, 2.05) is 4.91 Å². The van der Waals surface area contributed by atoms with Gasteiger partial charge in [-0.15, -0.1) is 0 Å². The second-order valence-electron chi connectivity index (χ2n) is 0.722. The van der Waals surface area contributed by atoms with E-state index >= 15 is 0 Å². The first-order valence-corrected chi connectivity index (χ1v) is 1.44. The van der Waals surface area contributed by atoms with E-state index in [4.69, 9.17) is 11.1 Å². The number of hydrogen-bond donors (Lipinski definition) is 3. The Kier molecular flexibility index (Phi) is 11.7. The van der Waals surface area contributed by atoms with Crippen LogP contribution in [-0.4, -0.2) is 5.91 Å². The average Bonchev–Trinajstić information content (AvgIpc) is 1.33. The van der Waals surface area contributed by atoms with E-state index in [2.05, 4.69) is 5.73 Å². The van der Waals surface area contributed by atoms with Crippen molar-refractivity contribution in [3.63, 3.8) is 0 Å². The maximum absolute atomic E-state index is 9.22. The van der Waals surface area contributed by atoms with Crippen LogP contribution < -0.4 is 10.6 Å². The van der Waals surface area contributed by atoms with Crippen LogP contribution in [0.25, 0.3) is 0 Å². The summed E-state index contributed by atoms with van der Waals surface area (Å²) in [6.07, 6.45) is 0. The number of carbonyl (C=O) groups is 1. The maximum atomic E-state index is 9.22. The minimum atomic E-state index is -0.333. The summed E-state index contributed by atoms with van der Waals surface area (Å²) >= 11 is 0. The van der Waals surface area contributed by atoms with Gasteiger partial charge < -0.3 is 5.73 Å². The molecule has 0 unspecified atom stereocenters. The summed E-state index contributed by atoms with van der Waals surface area (Å²) in [5, 5.41) is 0. The normalized spacial score (nSPS) is 4.71. The van der Waals surface area contributed by atoms with Crippen LogP contribution in [0.2, 0.25) is 0 Å². The van der Waals surface area contributed by atoms with Gasteiger partial charge in [-0.2, -0.15) is 0 Å². The van der Waals surface area contributed by atoms with Crippen LogP contribution in [0.5, 0.6) is 0 Å². The first kappa shape index (κ1) is 9.24. The fraction of sp³-hybridized carbons (Fsp3) is 0.500. The predicted molar refractivity (Wildman–Crippen MR) is 22.4 cm³/mol. The van der Waals surface area contributed by atoms with E-state index in [9.17, 15) is 4.79 Å². The third kappa shape index (κ3) is 24.8. The van der Waals surface area contributed by atoms with E-state index in [1.165, 1.54) is 6.92 Å². The number of rotatable bonds is 0. The Morgan fingerprint density at radius 1 is 1.71 bits per heavy atom. The molecule has 0 atom stereocenters. The van der Waals surface area contributed by atoms with Crippen LogP contribution in [0.1, 0.15) is 6.92 Å². The third-order valence-electron chi connectivity index (χ3n) is 0. The number of nitrogens with zero attached hydrogens (tertiary/aromatic N) is 1. The average molecular weight is 103 g/mol. The van der Waals surface area contributed by atoms with Gasteiger partial charge in [-0.3, -0.25) is 4.79 Å². The Labute approximate surface area is 40.5 Å². The van der Waals surface area contributed by atoms with Crippen molar-refractivity contribution in [1.29, 1.82) is 11.1 Å². The summed E-state index contributed by atoms with van der Waals surface area (Å²) in [4.78, 5) is 11.2. The van der Waals surface area contributed by atoms with Gasteiger partial charge in [-0.1, -0.05) is 0 Å². The van der Waals surface area contributed by atoms with Gasteiger partial charge in [0.1, 0.15) is 11.1 Å². The van der Waals surface area contributed by atoms with Crippen molar-refractivity contribution < 1.29 is 4.79 Å². The molecular formula is C2H7N4O+. The molecule has 0 bridgehead atoms. The van der Waals surface area contributed by atoms with Crippen LogP contribution in [0, 0.1) is 11.1 Å². The zero-order valence-electron chi connectivity index (χ0n) is 3.93. The lowest BCUT2D eigenvalue weighted by atomic mass is 10.8. The molecular weight excluding hydrogens is 96.0 g/mol. The quantitative estimate of drug-likeness (QED) is 0.282. The molecule has 0 aliphatic carbocycles. The fourth-order valence-electron chi connectivity index (χ4n) is 0. The van der Waals surface area contributed by atoms with Crippen LogP contribution in [0.15, 0.2) is 0 Å². The highest BCUT2D eigenvalue weighted by Crippen LogP contribution is 1.33. The molecule has 5 nitrogen and oxygen atoms in total. The number of amides is 1. The highest BCUT2D eigenvalue weighted by atomic mass is 16.1. The van der Waals surface area contributed by atoms with E-state index in [-0.39, 0.29) is 5.91 Å². The number of hydrogen-bond acceptors (Lipinski definition) is 3. The molecule has 40 valence electrons. The highest BCUT2D eigenvalue weighted by Gasteiger charge is 1.61. The minimum Gasteiger partial charge on any atom is -0.370 e. The molecule has 0 aromatic rings. The molecule has 0 saturated heterocycles. The molecule has 7 heavy (non-hydrogen) atoms. The monoisotopic (exact) mass is 103 g/mol. The Bertz CT molecular complexity index is 77.7. The molecule has 0 radical (unpaired) electrons. The van der Waals surface area contributed by atoms with Crippen LogP contribution in [0.4, 0.5) is 0 Å². The van der Waals surface area contributed by atoms with Gasteiger partial charge in [0.15, 0.2) is 0 Å². The number of nitrogens with two attached hydrogens (primary N) is 1. The van der Waals surface area contributed by atoms with Gasteiger partial charge in [0.2, 0.25) is 10.8 Å². The van der Waals surface area contributed by atoms with Crippen molar-refractivity contribution in [2.24, 2.45) is 5.73 Å².